The van der Waals surface area contributed by atoms with Crippen LogP contribution in [0, 0.1) is 17.2 Å². The molecular formula is C10H18N2O. The second-order valence-electron chi connectivity index (χ2n) is 3.72. The van der Waals surface area contributed by atoms with Gasteiger partial charge in [0.05, 0.1) is 12.1 Å². The van der Waals surface area contributed by atoms with E-state index in [-0.39, 0.29) is 12.6 Å². The van der Waals surface area contributed by atoms with Crippen molar-refractivity contribution in [3.8, 4) is 6.07 Å². The average Bonchev–Trinajstić information content (AvgIpc) is 2.56. The molecule has 0 radical (unpaired) electrons. The van der Waals surface area contributed by atoms with E-state index in [0.717, 1.165) is 32.4 Å². The van der Waals surface area contributed by atoms with Crippen LogP contribution in [0.5, 0.6) is 0 Å². The molecule has 13 heavy (non-hydrogen) atoms. The summed E-state index contributed by atoms with van der Waals surface area (Å²) in [6, 6.07) is 2.41. The van der Waals surface area contributed by atoms with E-state index in [1.54, 1.807) is 0 Å². The Morgan fingerprint density at radius 1 is 1.69 bits per heavy atom. The topological polar surface area (TPSA) is 47.3 Å². The van der Waals surface area contributed by atoms with Crippen molar-refractivity contribution in [3.63, 3.8) is 0 Å². The van der Waals surface area contributed by atoms with Gasteiger partial charge in [-0.05, 0) is 31.7 Å². The molecule has 1 N–H and O–H groups in total. The van der Waals surface area contributed by atoms with Crippen molar-refractivity contribution < 1.29 is 5.11 Å². The van der Waals surface area contributed by atoms with Crippen LogP contribution in [0.1, 0.15) is 26.2 Å². The smallest absolute Gasteiger partial charge is 0.0975 e. The molecule has 1 aliphatic heterocycles. The maximum Gasteiger partial charge on any atom is 0.0975 e. The molecule has 0 bridgehead atoms. The van der Waals surface area contributed by atoms with Gasteiger partial charge in [-0.2, -0.15) is 5.26 Å². The molecule has 0 aliphatic carbocycles. The van der Waals surface area contributed by atoms with Crippen molar-refractivity contribution in [2.75, 3.05) is 19.7 Å². The van der Waals surface area contributed by atoms with Gasteiger partial charge in [0.2, 0.25) is 0 Å². The number of nitriles is 1. The third-order valence-corrected chi connectivity index (χ3v) is 2.83. The Hall–Kier alpha value is -0.590. The Balaban J connectivity index is 2.36. The predicted octanol–water partition coefficient (Wildman–Crippen LogP) is 0.993. The van der Waals surface area contributed by atoms with E-state index in [1.807, 2.05) is 6.92 Å². The van der Waals surface area contributed by atoms with Crippen LogP contribution in [0.4, 0.5) is 0 Å². The van der Waals surface area contributed by atoms with Crippen molar-refractivity contribution in [3.05, 3.63) is 0 Å². The molecule has 0 spiro atoms. The van der Waals surface area contributed by atoms with Gasteiger partial charge in [-0.25, -0.2) is 0 Å². The zero-order chi connectivity index (χ0) is 9.68. The van der Waals surface area contributed by atoms with Crippen molar-refractivity contribution in [2.45, 2.75) is 32.2 Å². The Kier molecular flexibility index (Phi) is 4.20. The zero-order valence-corrected chi connectivity index (χ0v) is 8.24. The number of nitrogens with zero attached hydrogens (tertiary/aromatic N) is 2. The van der Waals surface area contributed by atoms with Gasteiger partial charge in [0.1, 0.15) is 0 Å². The minimum absolute atomic E-state index is 0.0868. The lowest BCUT2D eigenvalue weighted by atomic mass is 10.1. The fourth-order valence-corrected chi connectivity index (χ4v) is 2.00. The Labute approximate surface area is 80.0 Å². The van der Waals surface area contributed by atoms with E-state index in [0.29, 0.717) is 5.92 Å². The van der Waals surface area contributed by atoms with Gasteiger partial charge in [0.25, 0.3) is 0 Å². The zero-order valence-electron chi connectivity index (χ0n) is 8.24. The molecule has 1 fully saturated rings. The largest absolute Gasteiger partial charge is 0.396 e. The van der Waals surface area contributed by atoms with E-state index < -0.39 is 0 Å². The van der Waals surface area contributed by atoms with Crippen molar-refractivity contribution in [2.24, 2.45) is 5.92 Å². The molecule has 2 atom stereocenters. The van der Waals surface area contributed by atoms with Crippen LogP contribution in [0.15, 0.2) is 0 Å². The molecule has 0 amide bonds. The van der Waals surface area contributed by atoms with Crippen molar-refractivity contribution >= 4 is 0 Å². The van der Waals surface area contributed by atoms with Crippen LogP contribution in [-0.4, -0.2) is 35.7 Å². The molecule has 1 aliphatic rings. The van der Waals surface area contributed by atoms with Gasteiger partial charge in [0.15, 0.2) is 0 Å². The van der Waals surface area contributed by atoms with Crippen LogP contribution < -0.4 is 0 Å². The lowest BCUT2D eigenvalue weighted by Crippen LogP contribution is -2.31. The summed E-state index contributed by atoms with van der Waals surface area (Å²) in [6.07, 6.45) is 2.93. The van der Waals surface area contributed by atoms with Gasteiger partial charge in [0, 0.05) is 13.2 Å². The lowest BCUT2D eigenvalue weighted by molar-refractivity contribution is 0.238. The van der Waals surface area contributed by atoms with Gasteiger partial charge in [-0.3, -0.25) is 4.90 Å². The number of rotatable bonds is 4. The lowest BCUT2D eigenvalue weighted by Gasteiger charge is -2.20. The van der Waals surface area contributed by atoms with Gasteiger partial charge >= 0.3 is 0 Å². The quantitative estimate of drug-likeness (QED) is 0.705. The highest BCUT2D eigenvalue weighted by Gasteiger charge is 2.26. The van der Waals surface area contributed by atoms with Crippen LogP contribution >= 0.6 is 0 Å². The molecule has 0 saturated carbocycles. The van der Waals surface area contributed by atoms with E-state index in [4.69, 9.17) is 10.4 Å². The molecule has 1 heterocycles. The summed E-state index contributed by atoms with van der Waals surface area (Å²) in [5.74, 6) is 0.604. The first-order chi connectivity index (χ1) is 6.31. The van der Waals surface area contributed by atoms with Crippen molar-refractivity contribution in [1.29, 1.82) is 5.26 Å². The van der Waals surface area contributed by atoms with E-state index in [1.165, 1.54) is 0 Å². The summed E-state index contributed by atoms with van der Waals surface area (Å²) in [4.78, 5) is 2.24. The molecule has 3 nitrogen and oxygen atoms in total. The average molecular weight is 182 g/mol. The van der Waals surface area contributed by atoms with Crippen molar-refractivity contribution in [1.82, 2.24) is 4.90 Å². The highest BCUT2D eigenvalue weighted by atomic mass is 16.3. The van der Waals surface area contributed by atoms with Crippen LogP contribution in [0.25, 0.3) is 0 Å². The van der Waals surface area contributed by atoms with E-state index in [2.05, 4.69) is 11.0 Å². The summed E-state index contributed by atoms with van der Waals surface area (Å²) in [5.41, 5.74) is 0. The Morgan fingerprint density at radius 2 is 2.46 bits per heavy atom. The van der Waals surface area contributed by atoms with Gasteiger partial charge in [-0.15, -0.1) is 0 Å². The van der Waals surface area contributed by atoms with E-state index in [9.17, 15) is 0 Å². The van der Waals surface area contributed by atoms with Crippen LogP contribution in [-0.2, 0) is 0 Å². The first-order valence-corrected chi connectivity index (χ1v) is 5.06. The highest BCUT2D eigenvalue weighted by molar-refractivity contribution is 4.93. The molecule has 3 heteroatoms. The summed E-state index contributed by atoms with van der Waals surface area (Å²) in [5, 5.41) is 17.6. The second kappa shape index (κ2) is 5.21. The normalized spacial score (nSPS) is 25.8. The monoisotopic (exact) mass is 182 g/mol. The summed E-state index contributed by atoms with van der Waals surface area (Å²) < 4.78 is 0. The first-order valence-electron chi connectivity index (χ1n) is 5.06. The molecule has 1 saturated heterocycles. The Morgan fingerprint density at radius 3 is 3.00 bits per heavy atom. The molecule has 74 valence electrons. The van der Waals surface area contributed by atoms with E-state index >= 15 is 0 Å². The predicted molar refractivity (Wildman–Crippen MR) is 51.1 cm³/mol. The van der Waals surface area contributed by atoms with Gasteiger partial charge in [-0.1, -0.05) is 6.92 Å². The molecule has 2 unspecified atom stereocenters. The third kappa shape index (κ3) is 2.68. The highest BCUT2D eigenvalue weighted by Crippen LogP contribution is 2.21. The third-order valence-electron chi connectivity index (χ3n) is 2.83. The molecule has 1 rings (SSSR count). The molecule has 0 aromatic carbocycles. The molecular weight excluding hydrogens is 164 g/mol. The standard InChI is InChI=1S/C10H18N2O/c1-2-10(7-11)12-5-3-9(8-12)4-6-13/h9-10,13H,2-6,8H2,1H3. The van der Waals surface area contributed by atoms with Crippen LogP contribution in [0.2, 0.25) is 0 Å². The number of hydrogen-bond acceptors (Lipinski definition) is 3. The number of hydrogen-bond donors (Lipinski definition) is 1. The summed E-state index contributed by atoms with van der Waals surface area (Å²) in [7, 11) is 0. The number of aliphatic hydroxyl groups is 1. The fraction of sp³-hybridized carbons (Fsp3) is 0.900. The minimum Gasteiger partial charge on any atom is -0.396 e. The van der Waals surface area contributed by atoms with Gasteiger partial charge < -0.3 is 5.11 Å². The summed E-state index contributed by atoms with van der Waals surface area (Å²) >= 11 is 0. The number of likely N-dealkylation sites (tertiary alicyclic amines) is 1. The first kappa shape index (κ1) is 10.5. The second-order valence-corrected chi connectivity index (χ2v) is 3.72. The molecule has 0 aromatic heterocycles. The maximum absolute atomic E-state index is 8.86. The number of aliphatic hydroxyl groups excluding tert-OH is 1. The summed E-state index contributed by atoms with van der Waals surface area (Å²) in [6.45, 7) is 4.35. The fourth-order valence-electron chi connectivity index (χ4n) is 2.00. The van der Waals surface area contributed by atoms with Crippen LogP contribution in [0.3, 0.4) is 0 Å². The Bertz CT molecular complexity index is 188. The molecule has 0 aromatic rings. The minimum atomic E-state index is 0.0868. The maximum atomic E-state index is 8.86. The SMILES string of the molecule is CCC(C#N)N1CCC(CCO)C1.